The van der Waals surface area contributed by atoms with Crippen LogP contribution in [0.5, 0.6) is 0 Å². The van der Waals surface area contributed by atoms with Crippen molar-refractivity contribution < 1.29 is 28.6 Å². The third kappa shape index (κ3) is 5.31. The van der Waals surface area contributed by atoms with Crippen LogP contribution in [0.25, 0.3) is 11.1 Å². The molecule has 162 valence electrons. The maximum Gasteiger partial charge on any atom is 0.407 e. The molecule has 1 N–H and O–H groups in total. The number of hydrogen-bond donors (Lipinski definition) is 1. The molecule has 0 unspecified atom stereocenters. The first-order valence-electron chi connectivity index (χ1n) is 10.0. The highest BCUT2D eigenvalue weighted by atomic mass is 16.6. The Bertz CT molecular complexity index is 925. The lowest BCUT2D eigenvalue weighted by atomic mass is 9.98. The summed E-state index contributed by atoms with van der Waals surface area (Å²) < 4.78 is 15.1. The number of alkyl carbamates (subject to hydrolysis) is 1. The molecule has 0 saturated carbocycles. The standard InChI is InChI=1S/C24H25NO6/c1-3-14-30-22(26)13-12-21(23(27)29-2)25-24(28)31-15-20-18-10-6-4-8-16(18)17-9-5-7-11-19(17)20/h3-11,20-21H,1,12-15H2,2H3,(H,25,28)/t21-/m0/s1. The van der Waals surface area contributed by atoms with Crippen molar-refractivity contribution in [1.29, 1.82) is 0 Å². The van der Waals surface area contributed by atoms with Gasteiger partial charge in [0.2, 0.25) is 0 Å². The minimum absolute atomic E-state index is 0.0346. The van der Waals surface area contributed by atoms with Crippen LogP contribution in [0.1, 0.15) is 29.9 Å². The molecule has 0 heterocycles. The number of hydrogen-bond acceptors (Lipinski definition) is 6. The first-order chi connectivity index (χ1) is 15.0. The van der Waals surface area contributed by atoms with Gasteiger partial charge in [-0.1, -0.05) is 61.2 Å². The zero-order chi connectivity index (χ0) is 22.2. The number of benzene rings is 2. The Balaban J connectivity index is 1.61. The predicted molar refractivity (Wildman–Crippen MR) is 114 cm³/mol. The third-order valence-electron chi connectivity index (χ3n) is 5.12. The van der Waals surface area contributed by atoms with Crippen molar-refractivity contribution in [3.8, 4) is 11.1 Å². The van der Waals surface area contributed by atoms with Crippen LogP contribution in [0.3, 0.4) is 0 Å². The molecule has 1 aliphatic carbocycles. The summed E-state index contributed by atoms with van der Waals surface area (Å²) in [5.74, 6) is -1.25. The Morgan fingerprint density at radius 1 is 1.03 bits per heavy atom. The van der Waals surface area contributed by atoms with Gasteiger partial charge in [0, 0.05) is 12.3 Å². The number of nitrogens with one attached hydrogen (secondary N) is 1. The Kier molecular flexibility index (Phi) is 7.43. The van der Waals surface area contributed by atoms with Crippen molar-refractivity contribution in [1.82, 2.24) is 5.32 Å². The number of esters is 2. The Morgan fingerprint density at radius 3 is 2.23 bits per heavy atom. The molecule has 0 aromatic heterocycles. The summed E-state index contributed by atoms with van der Waals surface area (Å²) in [5, 5.41) is 2.49. The molecule has 0 spiro atoms. The van der Waals surface area contributed by atoms with Gasteiger partial charge in [-0.3, -0.25) is 4.79 Å². The maximum absolute atomic E-state index is 12.4. The van der Waals surface area contributed by atoms with Crippen molar-refractivity contribution in [3.05, 3.63) is 72.3 Å². The minimum atomic E-state index is -1.02. The molecule has 3 rings (SSSR count). The van der Waals surface area contributed by atoms with Crippen molar-refractivity contribution in [2.45, 2.75) is 24.8 Å². The van der Waals surface area contributed by atoms with Gasteiger partial charge < -0.3 is 19.5 Å². The highest BCUT2D eigenvalue weighted by Crippen LogP contribution is 2.44. The molecule has 0 radical (unpaired) electrons. The topological polar surface area (TPSA) is 90.9 Å². The normalized spacial score (nSPS) is 12.8. The van der Waals surface area contributed by atoms with E-state index >= 15 is 0 Å². The second-order valence-electron chi connectivity index (χ2n) is 7.06. The fourth-order valence-corrected chi connectivity index (χ4v) is 3.66. The Morgan fingerprint density at radius 2 is 1.65 bits per heavy atom. The van der Waals surface area contributed by atoms with Crippen LogP contribution < -0.4 is 5.32 Å². The largest absolute Gasteiger partial charge is 0.467 e. The van der Waals surface area contributed by atoms with E-state index in [1.54, 1.807) is 0 Å². The molecule has 1 amide bonds. The smallest absolute Gasteiger partial charge is 0.407 e. The summed E-state index contributed by atoms with van der Waals surface area (Å²) in [6, 6.07) is 15.0. The predicted octanol–water partition coefficient (Wildman–Crippen LogP) is 3.58. The number of fused-ring (bicyclic) bond motifs is 3. The molecular formula is C24H25NO6. The van der Waals surface area contributed by atoms with E-state index in [4.69, 9.17) is 14.2 Å². The fourth-order valence-electron chi connectivity index (χ4n) is 3.66. The monoisotopic (exact) mass is 423 g/mol. The van der Waals surface area contributed by atoms with Crippen LogP contribution in [0.2, 0.25) is 0 Å². The van der Waals surface area contributed by atoms with Crippen molar-refractivity contribution in [2.24, 2.45) is 0 Å². The number of methoxy groups -OCH3 is 1. The summed E-state index contributed by atoms with van der Waals surface area (Å²) >= 11 is 0. The molecule has 0 aliphatic heterocycles. The van der Waals surface area contributed by atoms with Crippen molar-refractivity contribution in [3.63, 3.8) is 0 Å². The maximum atomic E-state index is 12.4. The van der Waals surface area contributed by atoms with Gasteiger partial charge in [-0.15, -0.1) is 0 Å². The quantitative estimate of drug-likeness (QED) is 0.377. The second-order valence-corrected chi connectivity index (χ2v) is 7.06. The molecule has 31 heavy (non-hydrogen) atoms. The van der Waals surface area contributed by atoms with Gasteiger partial charge in [-0.25, -0.2) is 9.59 Å². The average Bonchev–Trinajstić information content (AvgIpc) is 3.12. The van der Waals surface area contributed by atoms with Gasteiger partial charge >= 0.3 is 18.0 Å². The molecule has 0 saturated heterocycles. The van der Waals surface area contributed by atoms with Gasteiger partial charge in [0.1, 0.15) is 19.3 Å². The molecule has 7 heteroatoms. The van der Waals surface area contributed by atoms with Crippen LogP contribution >= 0.6 is 0 Å². The first kappa shape index (κ1) is 22.1. The van der Waals surface area contributed by atoms with E-state index in [1.165, 1.54) is 13.2 Å². The highest BCUT2D eigenvalue weighted by molar-refractivity contribution is 5.82. The van der Waals surface area contributed by atoms with Crippen LogP contribution in [-0.2, 0) is 23.8 Å². The SMILES string of the molecule is C=CCOC(=O)CC[C@H](NC(=O)OCC1c2ccccc2-c2ccccc21)C(=O)OC. The fraction of sp³-hybridized carbons (Fsp3) is 0.292. The van der Waals surface area contributed by atoms with Crippen molar-refractivity contribution in [2.75, 3.05) is 20.3 Å². The molecule has 2 aromatic rings. The molecule has 2 aromatic carbocycles. The Hall–Kier alpha value is -3.61. The summed E-state index contributed by atoms with van der Waals surface area (Å²) in [4.78, 5) is 36.1. The van der Waals surface area contributed by atoms with E-state index in [2.05, 4.69) is 11.9 Å². The number of rotatable bonds is 9. The molecule has 1 atom stereocenters. The van der Waals surface area contributed by atoms with E-state index in [1.807, 2.05) is 48.5 Å². The molecule has 1 aliphatic rings. The summed E-state index contributed by atoms with van der Waals surface area (Å²) in [6.45, 7) is 3.67. The van der Waals surface area contributed by atoms with E-state index in [0.717, 1.165) is 22.3 Å². The van der Waals surface area contributed by atoms with Crippen molar-refractivity contribution >= 4 is 18.0 Å². The number of carbonyl (C=O) groups excluding carboxylic acids is 3. The van der Waals surface area contributed by atoms with Gasteiger partial charge in [0.15, 0.2) is 0 Å². The molecule has 7 nitrogen and oxygen atoms in total. The van der Waals surface area contributed by atoms with E-state index in [-0.39, 0.29) is 32.0 Å². The number of carbonyl (C=O) groups is 3. The number of amides is 1. The lowest BCUT2D eigenvalue weighted by Crippen LogP contribution is -2.42. The zero-order valence-corrected chi connectivity index (χ0v) is 17.3. The summed E-state index contributed by atoms with van der Waals surface area (Å²) in [6.07, 6.45) is 0.672. The van der Waals surface area contributed by atoms with E-state index in [0.29, 0.717) is 0 Å². The van der Waals surface area contributed by atoms with Gasteiger partial charge in [0.05, 0.1) is 7.11 Å². The lowest BCUT2D eigenvalue weighted by molar-refractivity contribution is -0.145. The molecular weight excluding hydrogens is 398 g/mol. The Labute approximate surface area is 181 Å². The first-order valence-corrected chi connectivity index (χ1v) is 10.0. The van der Waals surface area contributed by atoms with Crippen LogP contribution in [0.15, 0.2) is 61.2 Å². The van der Waals surface area contributed by atoms with Crippen LogP contribution in [-0.4, -0.2) is 44.4 Å². The molecule has 0 bridgehead atoms. The second kappa shape index (κ2) is 10.4. The third-order valence-corrected chi connectivity index (χ3v) is 5.12. The summed E-state index contributed by atoms with van der Waals surface area (Å²) in [7, 11) is 1.21. The molecule has 0 fully saturated rings. The average molecular weight is 423 g/mol. The highest BCUT2D eigenvalue weighted by Gasteiger charge is 2.30. The lowest BCUT2D eigenvalue weighted by Gasteiger charge is -2.18. The summed E-state index contributed by atoms with van der Waals surface area (Å²) in [5.41, 5.74) is 4.42. The van der Waals surface area contributed by atoms with Gasteiger partial charge in [-0.2, -0.15) is 0 Å². The van der Waals surface area contributed by atoms with Crippen LogP contribution in [0.4, 0.5) is 4.79 Å². The van der Waals surface area contributed by atoms with E-state index < -0.39 is 24.1 Å². The zero-order valence-electron chi connectivity index (χ0n) is 17.3. The minimum Gasteiger partial charge on any atom is -0.467 e. The number of ether oxygens (including phenoxy) is 3. The van der Waals surface area contributed by atoms with E-state index in [9.17, 15) is 14.4 Å². The van der Waals surface area contributed by atoms with Crippen LogP contribution in [0, 0.1) is 0 Å². The van der Waals surface area contributed by atoms with Gasteiger partial charge in [-0.05, 0) is 28.7 Å². The van der Waals surface area contributed by atoms with Gasteiger partial charge in [0.25, 0.3) is 0 Å².